The molecule has 0 saturated heterocycles. The summed E-state index contributed by atoms with van der Waals surface area (Å²) in [7, 11) is 0. The van der Waals surface area contributed by atoms with E-state index in [-0.39, 0.29) is 12.8 Å². The number of aliphatic hydroxyl groups is 1. The van der Waals surface area contributed by atoms with Gasteiger partial charge in [-0.1, -0.05) is 30.3 Å². The maximum atomic E-state index is 12.7. The molecule has 0 saturated carbocycles. The van der Waals surface area contributed by atoms with Gasteiger partial charge in [0.2, 0.25) is 17.7 Å². The van der Waals surface area contributed by atoms with Crippen LogP contribution in [0.15, 0.2) is 42.9 Å². The van der Waals surface area contributed by atoms with Crippen molar-refractivity contribution < 1.29 is 29.4 Å². The molecule has 0 fully saturated rings. The fourth-order valence-electron chi connectivity index (χ4n) is 2.90. The van der Waals surface area contributed by atoms with Gasteiger partial charge in [-0.15, -0.1) is 0 Å². The summed E-state index contributed by atoms with van der Waals surface area (Å²) in [5, 5.41) is 26.1. The fourth-order valence-corrected chi connectivity index (χ4v) is 2.90. The number of nitrogens with zero attached hydrogens (tertiary/aromatic N) is 1. The summed E-state index contributed by atoms with van der Waals surface area (Å²) in [5.41, 5.74) is 6.89. The van der Waals surface area contributed by atoms with E-state index >= 15 is 0 Å². The highest BCUT2D eigenvalue weighted by atomic mass is 16.4. The lowest BCUT2D eigenvalue weighted by Gasteiger charge is -2.21. The average Bonchev–Trinajstić information content (AvgIpc) is 3.29. The summed E-state index contributed by atoms with van der Waals surface area (Å²) >= 11 is 0. The third kappa shape index (κ3) is 8.35. The second kappa shape index (κ2) is 12.3. The summed E-state index contributed by atoms with van der Waals surface area (Å²) in [6.07, 6.45) is 1.83. The first-order valence-electron chi connectivity index (χ1n) is 10.2. The lowest BCUT2D eigenvalue weighted by molar-refractivity contribution is -0.141. The topological polar surface area (TPSA) is 200 Å². The zero-order valence-corrected chi connectivity index (χ0v) is 18.0. The Morgan fingerprint density at radius 2 is 1.76 bits per heavy atom. The molecule has 12 nitrogen and oxygen atoms in total. The number of aromatic nitrogens is 2. The van der Waals surface area contributed by atoms with Crippen molar-refractivity contribution in [2.24, 2.45) is 5.73 Å². The van der Waals surface area contributed by atoms with Crippen LogP contribution in [0.4, 0.5) is 0 Å². The molecule has 4 atom stereocenters. The summed E-state index contributed by atoms with van der Waals surface area (Å²) in [4.78, 5) is 55.3. The van der Waals surface area contributed by atoms with Crippen LogP contribution in [0.3, 0.4) is 0 Å². The van der Waals surface area contributed by atoms with E-state index in [1.54, 1.807) is 30.3 Å². The first kappa shape index (κ1) is 25.5. The number of nitrogens with two attached hydrogens (primary N) is 1. The van der Waals surface area contributed by atoms with E-state index in [0.29, 0.717) is 5.69 Å². The van der Waals surface area contributed by atoms with Crippen LogP contribution in [0, 0.1) is 0 Å². The highest BCUT2D eigenvalue weighted by molar-refractivity contribution is 5.92. The lowest BCUT2D eigenvalue weighted by Crippen LogP contribution is -2.56. The van der Waals surface area contributed by atoms with Crippen molar-refractivity contribution in [3.63, 3.8) is 0 Å². The van der Waals surface area contributed by atoms with Crippen LogP contribution in [0.1, 0.15) is 18.2 Å². The molecule has 0 aliphatic heterocycles. The number of amides is 3. The molecule has 12 heteroatoms. The summed E-state index contributed by atoms with van der Waals surface area (Å²) in [5.74, 6) is -3.36. The SMILES string of the molecule is CC(O)C(N)C(=O)NC(Cc1cnc[nH]1)C(=O)NCC(=O)NC(Cc1ccccc1)C(=O)O. The molecule has 33 heavy (non-hydrogen) atoms. The van der Waals surface area contributed by atoms with Crippen molar-refractivity contribution in [2.45, 2.75) is 44.0 Å². The molecule has 0 radical (unpaired) electrons. The molecule has 0 aliphatic carbocycles. The van der Waals surface area contributed by atoms with Crippen LogP contribution >= 0.6 is 0 Å². The minimum atomic E-state index is -1.25. The molecule has 1 aromatic carbocycles. The average molecular weight is 460 g/mol. The molecule has 0 aliphatic rings. The van der Waals surface area contributed by atoms with Crippen LogP contribution in [-0.4, -0.2) is 74.6 Å². The Kier molecular flexibility index (Phi) is 9.51. The Bertz CT molecular complexity index is 934. The van der Waals surface area contributed by atoms with E-state index in [9.17, 15) is 29.4 Å². The predicted octanol–water partition coefficient (Wildman–Crippen LogP) is -1.93. The van der Waals surface area contributed by atoms with E-state index in [1.807, 2.05) is 0 Å². The van der Waals surface area contributed by atoms with Gasteiger partial charge >= 0.3 is 5.97 Å². The molecule has 3 amide bonds. The number of benzene rings is 1. The van der Waals surface area contributed by atoms with Crippen molar-refractivity contribution in [3.8, 4) is 0 Å². The molecule has 0 spiro atoms. The molecule has 4 unspecified atom stereocenters. The predicted molar refractivity (Wildman–Crippen MR) is 117 cm³/mol. The van der Waals surface area contributed by atoms with E-state index in [0.717, 1.165) is 5.56 Å². The standard InChI is InChI=1S/C21H28N6O6/c1-12(28)18(22)20(31)27-15(8-14-9-23-11-25-14)19(30)24-10-17(29)26-16(21(32)33)7-13-5-3-2-4-6-13/h2-6,9,11-12,15-16,18,28H,7-8,10,22H2,1H3,(H,23,25)(H,24,30)(H,26,29)(H,27,31)(H,32,33). The molecule has 0 bridgehead atoms. The van der Waals surface area contributed by atoms with Gasteiger partial charge in [-0.2, -0.15) is 0 Å². The Balaban J connectivity index is 1.96. The van der Waals surface area contributed by atoms with Crippen molar-refractivity contribution in [1.29, 1.82) is 0 Å². The van der Waals surface area contributed by atoms with Crippen LogP contribution in [-0.2, 0) is 32.0 Å². The van der Waals surface area contributed by atoms with Gasteiger partial charge in [-0.05, 0) is 12.5 Å². The molecule has 8 N–H and O–H groups in total. The number of aliphatic carboxylic acids is 1. The van der Waals surface area contributed by atoms with Gasteiger partial charge in [0.25, 0.3) is 0 Å². The number of carbonyl (C=O) groups is 4. The van der Waals surface area contributed by atoms with Crippen molar-refractivity contribution in [2.75, 3.05) is 6.54 Å². The van der Waals surface area contributed by atoms with Gasteiger partial charge in [0.1, 0.15) is 18.1 Å². The van der Waals surface area contributed by atoms with E-state index in [1.165, 1.54) is 19.4 Å². The first-order valence-corrected chi connectivity index (χ1v) is 10.2. The Labute approximate surface area is 190 Å². The number of nitrogens with one attached hydrogen (secondary N) is 4. The van der Waals surface area contributed by atoms with Crippen LogP contribution in [0.25, 0.3) is 0 Å². The van der Waals surface area contributed by atoms with Crippen molar-refractivity contribution >= 4 is 23.7 Å². The fraction of sp³-hybridized carbons (Fsp3) is 0.381. The highest BCUT2D eigenvalue weighted by Gasteiger charge is 2.27. The minimum absolute atomic E-state index is 0.0253. The number of H-pyrrole nitrogens is 1. The maximum Gasteiger partial charge on any atom is 0.326 e. The second-order valence-corrected chi connectivity index (χ2v) is 7.47. The number of rotatable bonds is 12. The summed E-state index contributed by atoms with van der Waals surface area (Å²) < 4.78 is 0. The number of aromatic amines is 1. The minimum Gasteiger partial charge on any atom is -0.480 e. The van der Waals surface area contributed by atoms with Gasteiger partial charge in [-0.25, -0.2) is 9.78 Å². The largest absolute Gasteiger partial charge is 0.480 e. The second-order valence-electron chi connectivity index (χ2n) is 7.47. The summed E-state index contributed by atoms with van der Waals surface area (Å²) in [6.45, 7) is 0.835. The highest BCUT2D eigenvalue weighted by Crippen LogP contribution is 2.04. The van der Waals surface area contributed by atoms with Crippen LogP contribution < -0.4 is 21.7 Å². The van der Waals surface area contributed by atoms with Crippen LogP contribution in [0.2, 0.25) is 0 Å². The Hall–Kier alpha value is -3.77. The molecule has 1 aromatic heterocycles. The number of hydrogen-bond donors (Lipinski definition) is 7. The zero-order valence-electron chi connectivity index (χ0n) is 18.0. The zero-order chi connectivity index (χ0) is 24.4. The molecule has 1 heterocycles. The van der Waals surface area contributed by atoms with Gasteiger partial charge < -0.3 is 36.9 Å². The molecular formula is C21H28N6O6. The van der Waals surface area contributed by atoms with Gasteiger partial charge in [0.05, 0.1) is 19.0 Å². The molecule has 178 valence electrons. The van der Waals surface area contributed by atoms with Crippen LogP contribution in [0.5, 0.6) is 0 Å². The lowest BCUT2D eigenvalue weighted by atomic mass is 10.1. The van der Waals surface area contributed by atoms with Gasteiger partial charge in [-0.3, -0.25) is 14.4 Å². The Morgan fingerprint density at radius 3 is 2.33 bits per heavy atom. The third-order valence-corrected chi connectivity index (χ3v) is 4.77. The third-order valence-electron chi connectivity index (χ3n) is 4.77. The number of carbonyl (C=O) groups excluding carboxylic acids is 3. The summed E-state index contributed by atoms with van der Waals surface area (Å²) in [6, 6.07) is 5.24. The first-order chi connectivity index (χ1) is 15.7. The van der Waals surface area contributed by atoms with Crippen molar-refractivity contribution in [3.05, 3.63) is 54.1 Å². The number of imidazole rings is 1. The monoisotopic (exact) mass is 460 g/mol. The molecule has 2 rings (SSSR count). The maximum absolute atomic E-state index is 12.7. The van der Waals surface area contributed by atoms with Crippen molar-refractivity contribution in [1.82, 2.24) is 25.9 Å². The van der Waals surface area contributed by atoms with E-state index in [2.05, 4.69) is 25.9 Å². The number of carboxylic acids is 1. The number of hydrogen-bond acceptors (Lipinski definition) is 7. The van der Waals surface area contributed by atoms with E-state index < -0.39 is 54.5 Å². The normalized spacial score (nSPS) is 14.4. The number of aliphatic hydroxyl groups excluding tert-OH is 1. The molecule has 2 aromatic rings. The van der Waals surface area contributed by atoms with Gasteiger partial charge in [0, 0.05) is 24.7 Å². The number of carboxylic acid groups (broad SMARTS) is 1. The smallest absolute Gasteiger partial charge is 0.326 e. The van der Waals surface area contributed by atoms with E-state index in [4.69, 9.17) is 5.73 Å². The Morgan fingerprint density at radius 1 is 1.06 bits per heavy atom. The molecular weight excluding hydrogens is 432 g/mol. The quantitative estimate of drug-likeness (QED) is 0.190. The van der Waals surface area contributed by atoms with Gasteiger partial charge in [0.15, 0.2) is 0 Å².